The van der Waals surface area contributed by atoms with Crippen molar-refractivity contribution in [1.82, 2.24) is 4.98 Å². The van der Waals surface area contributed by atoms with Gasteiger partial charge >= 0.3 is 5.97 Å². The van der Waals surface area contributed by atoms with Crippen LogP contribution >= 0.6 is 11.3 Å². The first kappa shape index (κ1) is 15.0. The van der Waals surface area contributed by atoms with Crippen molar-refractivity contribution in [3.63, 3.8) is 0 Å². The first-order valence-corrected chi connectivity index (χ1v) is 7.54. The second-order valence-electron chi connectivity index (χ2n) is 4.72. The first-order chi connectivity index (χ1) is 11.1. The summed E-state index contributed by atoms with van der Waals surface area (Å²) in [5.41, 5.74) is 7.42. The predicted molar refractivity (Wildman–Crippen MR) is 89.8 cm³/mol. The molecule has 3 aromatic rings. The Morgan fingerprint density at radius 2 is 1.96 bits per heavy atom. The van der Waals surface area contributed by atoms with Gasteiger partial charge in [-0.25, -0.2) is 9.78 Å². The summed E-state index contributed by atoms with van der Waals surface area (Å²) in [5.74, 6) is -0.737. The molecule has 3 rings (SSSR count). The molecule has 7 heteroatoms. The van der Waals surface area contributed by atoms with Crippen LogP contribution in [-0.4, -0.2) is 24.0 Å². The Bertz CT molecular complexity index is 887. The number of nitrogens with two attached hydrogens (primary N) is 1. The van der Waals surface area contributed by atoms with E-state index in [1.165, 1.54) is 18.4 Å². The van der Waals surface area contributed by atoms with Gasteiger partial charge in [0.2, 0.25) is 0 Å². The summed E-state index contributed by atoms with van der Waals surface area (Å²) in [6, 6.07) is 10.0. The molecule has 0 aliphatic carbocycles. The van der Waals surface area contributed by atoms with Gasteiger partial charge < -0.3 is 15.8 Å². The number of amides is 1. The zero-order valence-corrected chi connectivity index (χ0v) is 13.0. The maximum atomic E-state index is 12.4. The fourth-order valence-corrected chi connectivity index (χ4v) is 3.07. The molecule has 116 valence electrons. The van der Waals surface area contributed by atoms with E-state index in [4.69, 9.17) is 5.73 Å². The lowest BCUT2D eigenvalue weighted by molar-refractivity contribution is 0.0600. The third-order valence-electron chi connectivity index (χ3n) is 3.27. The highest BCUT2D eigenvalue weighted by atomic mass is 32.1. The monoisotopic (exact) mass is 327 g/mol. The minimum Gasteiger partial charge on any atom is -0.465 e. The number of pyridine rings is 1. The predicted octanol–water partition coefficient (Wildman–Crippen LogP) is 2.92. The molecule has 1 aromatic carbocycles. The van der Waals surface area contributed by atoms with E-state index in [9.17, 15) is 9.59 Å². The van der Waals surface area contributed by atoms with Crippen LogP contribution in [0.25, 0.3) is 10.2 Å². The number of anilines is 2. The summed E-state index contributed by atoms with van der Waals surface area (Å²) in [6.07, 6.45) is 1.66. The minimum absolute atomic E-state index is 0.309. The average molecular weight is 327 g/mol. The van der Waals surface area contributed by atoms with Crippen LogP contribution in [0.2, 0.25) is 0 Å². The fraction of sp³-hybridized carbons (Fsp3) is 0.0625. The van der Waals surface area contributed by atoms with Crippen molar-refractivity contribution in [3.8, 4) is 0 Å². The molecule has 6 nitrogen and oxygen atoms in total. The number of esters is 1. The number of nitrogen functional groups attached to an aromatic ring is 1. The number of carbonyl (C=O) groups excluding carboxylic acids is 2. The molecule has 0 spiro atoms. The second-order valence-corrected chi connectivity index (χ2v) is 5.72. The highest BCUT2D eigenvalue weighted by Crippen LogP contribution is 2.32. The van der Waals surface area contributed by atoms with Crippen molar-refractivity contribution in [3.05, 3.63) is 53.0 Å². The molecule has 0 radical (unpaired) electrons. The van der Waals surface area contributed by atoms with Crippen LogP contribution in [0.4, 0.5) is 11.4 Å². The third-order valence-corrected chi connectivity index (χ3v) is 4.40. The summed E-state index contributed by atoms with van der Waals surface area (Å²) in [7, 11) is 1.32. The molecule has 0 fully saturated rings. The van der Waals surface area contributed by atoms with E-state index < -0.39 is 5.97 Å². The van der Waals surface area contributed by atoms with Crippen LogP contribution in [0.5, 0.6) is 0 Å². The molecule has 0 aliphatic heterocycles. The summed E-state index contributed by atoms with van der Waals surface area (Å²) in [5, 5.41) is 3.52. The molecule has 3 N–H and O–H groups in total. The number of rotatable bonds is 3. The van der Waals surface area contributed by atoms with Gasteiger partial charge in [0.25, 0.3) is 5.91 Å². The van der Waals surface area contributed by atoms with E-state index in [1.54, 1.807) is 36.5 Å². The van der Waals surface area contributed by atoms with Gasteiger partial charge in [-0.05, 0) is 36.4 Å². The lowest BCUT2D eigenvalue weighted by Crippen LogP contribution is -2.12. The Labute approximate surface area is 135 Å². The maximum Gasteiger partial charge on any atom is 0.337 e. The van der Waals surface area contributed by atoms with E-state index in [1.807, 2.05) is 6.07 Å². The normalized spacial score (nSPS) is 10.5. The molecule has 0 saturated heterocycles. The van der Waals surface area contributed by atoms with Crippen LogP contribution < -0.4 is 11.1 Å². The fourth-order valence-electron chi connectivity index (χ4n) is 2.12. The maximum absolute atomic E-state index is 12.4. The van der Waals surface area contributed by atoms with Crippen LogP contribution in [0.15, 0.2) is 42.6 Å². The van der Waals surface area contributed by atoms with Crippen molar-refractivity contribution >= 4 is 44.8 Å². The van der Waals surface area contributed by atoms with Crippen molar-refractivity contribution in [2.45, 2.75) is 0 Å². The van der Waals surface area contributed by atoms with Crippen LogP contribution in [-0.2, 0) is 4.74 Å². The number of nitrogens with one attached hydrogen (secondary N) is 1. The highest BCUT2D eigenvalue weighted by molar-refractivity contribution is 7.21. The number of benzene rings is 1. The van der Waals surface area contributed by atoms with Gasteiger partial charge in [0.1, 0.15) is 9.71 Å². The summed E-state index contributed by atoms with van der Waals surface area (Å²) < 4.78 is 4.63. The van der Waals surface area contributed by atoms with Gasteiger partial charge in [0.05, 0.1) is 18.4 Å². The molecule has 1 amide bonds. The van der Waals surface area contributed by atoms with Crippen LogP contribution in [0, 0.1) is 0 Å². The number of hydrogen-bond donors (Lipinski definition) is 2. The smallest absolute Gasteiger partial charge is 0.337 e. The van der Waals surface area contributed by atoms with E-state index in [2.05, 4.69) is 15.0 Å². The highest BCUT2D eigenvalue weighted by Gasteiger charge is 2.17. The van der Waals surface area contributed by atoms with E-state index in [0.717, 1.165) is 10.2 Å². The number of aromatic nitrogens is 1. The molecule has 0 unspecified atom stereocenters. The largest absolute Gasteiger partial charge is 0.465 e. The molecule has 23 heavy (non-hydrogen) atoms. The summed E-state index contributed by atoms with van der Waals surface area (Å²) >= 11 is 1.24. The van der Waals surface area contributed by atoms with Gasteiger partial charge in [0.15, 0.2) is 0 Å². The Hall–Kier alpha value is -2.93. The Morgan fingerprint density at radius 1 is 1.22 bits per heavy atom. The number of carbonyl (C=O) groups is 2. The van der Waals surface area contributed by atoms with Crippen molar-refractivity contribution in [2.75, 3.05) is 18.2 Å². The molecular weight excluding hydrogens is 314 g/mol. The zero-order valence-electron chi connectivity index (χ0n) is 12.2. The number of thiophene rings is 1. The Kier molecular flexibility index (Phi) is 3.94. The van der Waals surface area contributed by atoms with E-state index in [-0.39, 0.29) is 5.91 Å². The third kappa shape index (κ3) is 2.86. The summed E-state index contributed by atoms with van der Waals surface area (Å²) in [6.45, 7) is 0. The second kappa shape index (κ2) is 6.05. The van der Waals surface area contributed by atoms with Gasteiger partial charge in [-0.1, -0.05) is 0 Å². The van der Waals surface area contributed by atoms with Crippen LogP contribution in [0.1, 0.15) is 20.0 Å². The van der Waals surface area contributed by atoms with E-state index in [0.29, 0.717) is 21.8 Å². The van der Waals surface area contributed by atoms with Gasteiger partial charge in [-0.15, -0.1) is 11.3 Å². The molecule has 2 aromatic heterocycles. The SMILES string of the molecule is COC(=O)c1ccc(NC(=O)c2sc3ncccc3c2N)cc1. The summed E-state index contributed by atoms with van der Waals surface area (Å²) in [4.78, 5) is 29.1. The molecule has 0 aliphatic rings. The molecule has 0 atom stereocenters. The van der Waals surface area contributed by atoms with Gasteiger partial charge in [-0.3, -0.25) is 4.79 Å². The van der Waals surface area contributed by atoms with E-state index >= 15 is 0 Å². The average Bonchev–Trinajstić information content (AvgIpc) is 2.92. The number of nitrogens with zero attached hydrogens (tertiary/aromatic N) is 1. The number of methoxy groups -OCH3 is 1. The zero-order chi connectivity index (χ0) is 16.4. The van der Waals surface area contributed by atoms with Gasteiger partial charge in [-0.2, -0.15) is 0 Å². The topological polar surface area (TPSA) is 94.3 Å². The number of ether oxygens (including phenoxy) is 1. The molecular formula is C16H13N3O3S. The first-order valence-electron chi connectivity index (χ1n) is 6.73. The number of fused-ring (bicyclic) bond motifs is 1. The van der Waals surface area contributed by atoms with Crippen LogP contribution in [0.3, 0.4) is 0 Å². The lowest BCUT2D eigenvalue weighted by Gasteiger charge is -2.05. The lowest BCUT2D eigenvalue weighted by atomic mass is 10.2. The molecule has 0 bridgehead atoms. The number of hydrogen-bond acceptors (Lipinski definition) is 6. The minimum atomic E-state index is -0.428. The molecule has 2 heterocycles. The van der Waals surface area contributed by atoms with Crippen molar-refractivity contribution in [2.24, 2.45) is 0 Å². The quantitative estimate of drug-likeness (QED) is 0.721. The standard InChI is InChI=1S/C16H13N3O3S/c1-22-16(21)9-4-6-10(7-5-9)19-14(20)13-12(17)11-3-2-8-18-15(11)23-13/h2-8H,17H2,1H3,(H,19,20). The van der Waals surface area contributed by atoms with Crippen molar-refractivity contribution < 1.29 is 14.3 Å². The molecule has 0 saturated carbocycles. The Morgan fingerprint density at radius 3 is 2.61 bits per heavy atom. The van der Waals surface area contributed by atoms with Crippen molar-refractivity contribution in [1.29, 1.82) is 0 Å². The Balaban J connectivity index is 1.83. The van der Waals surface area contributed by atoms with Gasteiger partial charge in [0, 0.05) is 17.3 Å².